The van der Waals surface area contributed by atoms with Gasteiger partial charge in [-0.3, -0.25) is 4.79 Å². The van der Waals surface area contributed by atoms with Gasteiger partial charge in [0.25, 0.3) is 0 Å². The van der Waals surface area contributed by atoms with Gasteiger partial charge < -0.3 is 4.74 Å². The van der Waals surface area contributed by atoms with Crippen LogP contribution < -0.4 is 0 Å². The standard InChI is InChI=1S/C36H51I3O2/c1-22(2)7-6-8-23(3)29-12-13-30-27-10-9-24-19-26(15-17-35(24,4)31(27)16-18-36(29,30)5)41-34(40)14-11-28-32(38)20-25(37)21-33(28)39/h9,20-23,26-27,29-31H,6-8,10-19H2,1-5H3. The molecule has 4 aliphatic carbocycles. The normalized spacial score (nSPS) is 35.3. The van der Waals surface area contributed by atoms with Crippen LogP contribution in [0.5, 0.6) is 0 Å². The molecule has 0 spiro atoms. The van der Waals surface area contributed by atoms with Gasteiger partial charge in [0, 0.05) is 23.6 Å². The molecule has 2 nitrogen and oxygen atoms in total. The minimum Gasteiger partial charge on any atom is -0.462 e. The summed E-state index contributed by atoms with van der Waals surface area (Å²) in [5.41, 5.74) is 3.75. The third-order valence-corrected chi connectivity index (χ3v) is 14.8. The number of halogens is 3. The molecule has 0 saturated heterocycles. The maximum Gasteiger partial charge on any atom is 0.306 e. The van der Waals surface area contributed by atoms with Gasteiger partial charge in [-0.2, -0.15) is 0 Å². The number of hydrogen-bond donors (Lipinski definition) is 0. The van der Waals surface area contributed by atoms with E-state index in [2.05, 4.69) is 121 Å². The Labute approximate surface area is 291 Å². The summed E-state index contributed by atoms with van der Waals surface area (Å²) < 4.78 is 9.88. The van der Waals surface area contributed by atoms with Gasteiger partial charge >= 0.3 is 5.97 Å². The molecule has 0 aliphatic heterocycles. The van der Waals surface area contributed by atoms with Crippen LogP contribution in [0.4, 0.5) is 0 Å². The van der Waals surface area contributed by atoms with Gasteiger partial charge in [0.2, 0.25) is 0 Å². The van der Waals surface area contributed by atoms with E-state index in [-0.39, 0.29) is 12.1 Å². The van der Waals surface area contributed by atoms with Crippen LogP contribution in [0, 0.1) is 57.0 Å². The van der Waals surface area contributed by atoms with E-state index in [0.717, 1.165) is 54.8 Å². The fourth-order valence-electron chi connectivity index (χ4n) is 10.0. The van der Waals surface area contributed by atoms with Crippen molar-refractivity contribution >= 4 is 73.7 Å². The van der Waals surface area contributed by atoms with Gasteiger partial charge in [-0.1, -0.05) is 65.5 Å². The zero-order valence-electron chi connectivity index (χ0n) is 25.9. The van der Waals surface area contributed by atoms with Crippen molar-refractivity contribution in [3.63, 3.8) is 0 Å². The Kier molecular flexibility index (Phi) is 10.9. The molecule has 5 heteroatoms. The lowest BCUT2D eigenvalue weighted by Crippen LogP contribution is -2.51. The number of hydrogen-bond acceptors (Lipinski definition) is 2. The van der Waals surface area contributed by atoms with Gasteiger partial charge in [-0.05, 0) is 183 Å². The van der Waals surface area contributed by atoms with Crippen molar-refractivity contribution in [2.45, 2.75) is 124 Å². The predicted octanol–water partition coefficient (Wildman–Crippen LogP) is 11.4. The van der Waals surface area contributed by atoms with Crippen LogP contribution in [0.3, 0.4) is 0 Å². The fraction of sp³-hybridized carbons (Fsp3) is 0.750. The highest BCUT2D eigenvalue weighted by molar-refractivity contribution is 14.1. The van der Waals surface area contributed by atoms with E-state index < -0.39 is 0 Å². The first-order chi connectivity index (χ1) is 19.4. The van der Waals surface area contributed by atoms with Crippen LogP contribution in [-0.2, 0) is 16.0 Å². The minimum atomic E-state index is -0.0222. The van der Waals surface area contributed by atoms with Crippen molar-refractivity contribution in [1.82, 2.24) is 0 Å². The lowest BCUT2D eigenvalue weighted by atomic mass is 9.47. The van der Waals surface area contributed by atoms with E-state index in [0.29, 0.717) is 17.3 Å². The third kappa shape index (κ3) is 6.91. The van der Waals surface area contributed by atoms with Crippen LogP contribution in [0.15, 0.2) is 23.8 Å². The third-order valence-electron chi connectivity index (χ3n) is 12.2. The summed E-state index contributed by atoms with van der Waals surface area (Å²) in [6.45, 7) is 12.6. The molecule has 228 valence electrons. The van der Waals surface area contributed by atoms with Crippen molar-refractivity contribution in [2.75, 3.05) is 0 Å². The van der Waals surface area contributed by atoms with Crippen molar-refractivity contribution in [3.8, 4) is 0 Å². The zero-order chi connectivity index (χ0) is 29.5. The molecular formula is C36H51I3O2. The Hall–Kier alpha value is 0.620. The van der Waals surface area contributed by atoms with Crippen LogP contribution in [0.25, 0.3) is 0 Å². The lowest BCUT2D eigenvalue weighted by molar-refractivity contribution is -0.151. The number of carbonyl (C=O) groups is 1. The number of ether oxygens (including phenoxy) is 1. The maximum absolute atomic E-state index is 12.9. The molecule has 5 rings (SSSR count). The van der Waals surface area contributed by atoms with E-state index in [4.69, 9.17) is 4.74 Å². The van der Waals surface area contributed by atoms with Crippen LogP contribution in [0.1, 0.15) is 117 Å². The molecule has 41 heavy (non-hydrogen) atoms. The second kappa shape index (κ2) is 13.5. The van der Waals surface area contributed by atoms with E-state index in [1.165, 1.54) is 74.1 Å². The summed E-state index contributed by atoms with van der Waals surface area (Å²) >= 11 is 7.17. The van der Waals surface area contributed by atoms with E-state index in [1.54, 1.807) is 5.57 Å². The number of rotatable bonds is 9. The molecule has 8 unspecified atom stereocenters. The summed E-state index contributed by atoms with van der Waals surface area (Å²) in [5.74, 6) is 5.17. The Balaban J connectivity index is 1.19. The van der Waals surface area contributed by atoms with E-state index >= 15 is 0 Å². The Morgan fingerprint density at radius 2 is 1.71 bits per heavy atom. The molecule has 0 amide bonds. The van der Waals surface area contributed by atoms with Crippen molar-refractivity contribution in [3.05, 3.63) is 40.1 Å². The number of esters is 1. The quantitative estimate of drug-likeness (QED) is 0.140. The highest BCUT2D eigenvalue weighted by Crippen LogP contribution is 2.67. The number of allylic oxidation sites excluding steroid dienone is 1. The Morgan fingerprint density at radius 3 is 2.41 bits per heavy atom. The van der Waals surface area contributed by atoms with Crippen molar-refractivity contribution in [2.24, 2.45) is 46.3 Å². The first kappa shape index (κ1) is 33.0. The molecule has 1 aromatic rings. The molecular weight excluding hydrogens is 845 g/mol. The average Bonchev–Trinajstić information content (AvgIpc) is 3.25. The summed E-state index contributed by atoms with van der Waals surface area (Å²) in [6.07, 6.45) is 18.3. The highest BCUT2D eigenvalue weighted by Gasteiger charge is 2.59. The smallest absolute Gasteiger partial charge is 0.306 e. The molecule has 0 bridgehead atoms. The molecule has 1 aromatic carbocycles. The summed E-state index contributed by atoms with van der Waals surface area (Å²) in [6, 6.07) is 4.39. The van der Waals surface area contributed by atoms with Crippen LogP contribution >= 0.6 is 67.8 Å². The highest BCUT2D eigenvalue weighted by atomic mass is 127. The maximum atomic E-state index is 12.9. The molecule has 0 N–H and O–H groups in total. The first-order valence-corrected chi connectivity index (χ1v) is 19.7. The first-order valence-electron chi connectivity index (χ1n) is 16.4. The monoisotopic (exact) mass is 896 g/mol. The van der Waals surface area contributed by atoms with Crippen LogP contribution in [0.2, 0.25) is 0 Å². The van der Waals surface area contributed by atoms with Crippen LogP contribution in [-0.4, -0.2) is 12.1 Å². The molecule has 4 aliphatic rings. The average molecular weight is 897 g/mol. The molecule has 8 atom stereocenters. The van der Waals surface area contributed by atoms with Gasteiger partial charge in [-0.25, -0.2) is 0 Å². The molecule has 0 radical (unpaired) electrons. The van der Waals surface area contributed by atoms with Crippen molar-refractivity contribution in [1.29, 1.82) is 0 Å². The van der Waals surface area contributed by atoms with Gasteiger partial charge in [0.05, 0.1) is 0 Å². The SMILES string of the molecule is CC(C)CCCC(C)C1CCC2C3CC=C4CC(OC(=O)CCc5c(I)cc(I)cc5I)CCC4(C)C3CCC12C. The second-order valence-corrected chi connectivity index (χ2v) is 18.6. The molecule has 3 saturated carbocycles. The molecule has 0 aromatic heterocycles. The fourth-order valence-corrected chi connectivity index (χ4v) is 14.2. The summed E-state index contributed by atoms with van der Waals surface area (Å²) in [7, 11) is 0. The largest absolute Gasteiger partial charge is 0.462 e. The topological polar surface area (TPSA) is 26.3 Å². The van der Waals surface area contributed by atoms with Gasteiger partial charge in [-0.15, -0.1) is 0 Å². The van der Waals surface area contributed by atoms with Crippen molar-refractivity contribution < 1.29 is 9.53 Å². The van der Waals surface area contributed by atoms with Gasteiger partial charge in [0.15, 0.2) is 0 Å². The molecule has 3 fully saturated rings. The van der Waals surface area contributed by atoms with E-state index in [9.17, 15) is 4.79 Å². The second-order valence-electron chi connectivity index (χ2n) is 15.0. The summed E-state index contributed by atoms with van der Waals surface area (Å²) in [5, 5.41) is 0. The summed E-state index contributed by atoms with van der Waals surface area (Å²) in [4.78, 5) is 12.9. The zero-order valence-corrected chi connectivity index (χ0v) is 32.4. The van der Waals surface area contributed by atoms with E-state index in [1.807, 2.05) is 0 Å². The number of fused-ring (bicyclic) bond motifs is 5. The predicted molar refractivity (Wildman–Crippen MR) is 196 cm³/mol. The van der Waals surface area contributed by atoms with Gasteiger partial charge in [0.1, 0.15) is 6.10 Å². The lowest BCUT2D eigenvalue weighted by Gasteiger charge is -2.58. The minimum absolute atomic E-state index is 0.0222. The Bertz CT molecular complexity index is 1120. The molecule has 0 heterocycles. The number of carbonyl (C=O) groups excluding carboxylic acids is 1. The number of benzene rings is 1. The Morgan fingerprint density at radius 1 is 0.976 bits per heavy atom.